The lowest BCUT2D eigenvalue weighted by molar-refractivity contribution is -0.127. The van der Waals surface area contributed by atoms with Gasteiger partial charge in [-0.1, -0.05) is 36.4 Å². The number of hydrogen-bond donors (Lipinski definition) is 2. The number of benzene rings is 2. The first kappa shape index (κ1) is 24.3. The average molecular weight is 500 g/mol. The van der Waals surface area contributed by atoms with Crippen molar-refractivity contribution < 1.29 is 14.3 Å². The van der Waals surface area contributed by atoms with E-state index in [1.807, 2.05) is 65.4 Å². The fourth-order valence-corrected chi connectivity index (χ4v) is 4.80. The van der Waals surface area contributed by atoms with E-state index < -0.39 is 0 Å². The van der Waals surface area contributed by atoms with Crippen LogP contribution in [0.15, 0.2) is 77.7 Å². The summed E-state index contributed by atoms with van der Waals surface area (Å²) < 4.78 is 12.9. The maximum Gasteiger partial charge on any atom is 0.288 e. The smallest absolute Gasteiger partial charge is 0.288 e. The van der Waals surface area contributed by atoms with Crippen molar-refractivity contribution >= 4 is 22.6 Å². The number of aromatic nitrogens is 3. The number of nitrogens with one attached hydrogen (secondary N) is 1. The predicted octanol–water partition coefficient (Wildman–Crippen LogP) is 4.13. The lowest BCUT2D eigenvalue weighted by Gasteiger charge is -2.33. The van der Waals surface area contributed by atoms with Crippen LogP contribution in [0.3, 0.4) is 0 Å². The number of nitrogens with zero attached hydrogens (tertiary/aromatic N) is 3. The van der Waals surface area contributed by atoms with Gasteiger partial charge in [0.05, 0.1) is 18.0 Å². The van der Waals surface area contributed by atoms with E-state index in [0.29, 0.717) is 36.3 Å². The Labute approximate surface area is 214 Å². The Morgan fingerprint density at radius 3 is 2.68 bits per heavy atom. The van der Waals surface area contributed by atoms with Crippen LogP contribution in [0.2, 0.25) is 0 Å². The third kappa shape index (κ3) is 5.12. The molecule has 9 nitrogen and oxygen atoms in total. The van der Waals surface area contributed by atoms with E-state index in [1.54, 1.807) is 24.2 Å². The van der Waals surface area contributed by atoms with Crippen molar-refractivity contribution in [3.8, 4) is 22.6 Å². The van der Waals surface area contributed by atoms with E-state index in [4.69, 9.17) is 15.2 Å². The molecule has 0 bridgehead atoms. The maximum absolute atomic E-state index is 13.0. The van der Waals surface area contributed by atoms with Crippen molar-refractivity contribution in [2.75, 3.05) is 32.5 Å². The molecule has 1 amide bonds. The average Bonchev–Trinajstić information content (AvgIpc) is 3.34. The van der Waals surface area contributed by atoms with E-state index in [2.05, 4.69) is 10.2 Å². The summed E-state index contributed by atoms with van der Waals surface area (Å²) in [7, 11) is 1.59. The van der Waals surface area contributed by atoms with Crippen LogP contribution in [0.4, 0.5) is 5.82 Å². The summed E-state index contributed by atoms with van der Waals surface area (Å²) in [6, 6.07) is 17.1. The molecule has 1 aliphatic heterocycles. The number of anilines is 1. The van der Waals surface area contributed by atoms with E-state index in [1.165, 1.54) is 0 Å². The van der Waals surface area contributed by atoms with Crippen LogP contribution in [-0.2, 0) is 9.53 Å². The molecule has 4 aromatic rings. The standard InChI is InChI=1S/C28H29N5O4/c1-36-16-6-10-24(34)32-15-5-7-20(17-32)33-18-23(25-26(33)28(35)31-30-27(25)29)19-11-13-22(14-12-19)37-21-8-3-2-4-9-21/h2-4,6,8-14,18,20H,5,7,15-17H2,1H3,(H2,29,30)(H,31,35)/b10-6+. The monoisotopic (exact) mass is 499 g/mol. The Bertz CT molecular complexity index is 1470. The van der Waals surface area contributed by atoms with Crippen LogP contribution in [0.1, 0.15) is 18.9 Å². The maximum atomic E-state index is 13.0. The van der Waals surface area contributed by atoms with Gasteiger partial charge < -0.3 is 24.7 Å². The fourth-order valence-electron chi connectivity index (χ4n) is 4.80. The Morgan fingerprint density at radius 2 is 1.92 bits per heavy atom. The summed E-state index contributed by atoms with van der Waals surface area (Å²) in [5, 5.41) is 7.14. The number of amides is 1. The second kappa shape index (κ2) is 10.7. The number of methoxy groups -OCH3 is 1. The van der Waals surface area contributed by atoms with Gasteiger partial charge in [-0.05, 0) is 42.7 Å². The molecule has 1 saturated heterocycles. The van der Waals surface area contributed by atoms with Crippen LogP contribution in [-0.4, -0.2) is 52.4 Å². The second-order valence-corrected chi connectivity index (χ2v) is 8.99. The molecule has 0 radical (unpaired) electrons. The zero-order valence-electron chi connectivity index (χ0n) is 20.6. The van der Waals surface area contributed by atoms with Crippen LogP contribution in [0.25, 0.3) is 22.0 Å². The van der Waals surface area contributed by atoms with Gasteiger partial charge in [0.15, 0.2) is 5.82 Å². The van der Waals surface area contributed by atoms with E-state index in [9.17, 15) is 9.59 Å². The van der Waals surface area contributed by atoms with Crippen molar-refractivity contribution in [3.05, 3.63) is 83.3 Å². The minimum absolute atomic E-state index is 0.0671. The highest BCUT2D eigenvalue weighted by Gasteiger charge is 2.27. The molecule has 0 spiro atoms. The summed E-state index contributed by atoms with van der Waals surface area (Å²) in [5.41, 5.74) is 8.11. The molecule has 3 N–H and O–H groups in total. The Hall–Kier alpha value is -4.37. The predicted molar refractivity (Wildman–Crippen MR) is 143 cm³/mol. The highest BCUT2D eigenvalue weighted by molar-refractivity contribution is 6.02. The lowest BCUT2D eigenvalue weighted by atomic mass is 10.1. The number of piperidine rings is 1. The van der Waals surface area contributed by atoms with Gasteiger partial charge in [0, 0.05) is 38.0 Å². The zero-order chi connectivity index (χ0) is 25.8. The third-order valence-corrected chi connectivity index (χ3v) is 6.55. The number of aromatic amines is 1. The molecule has 1 fully saturated rings. The molecule has 1 unspecified atom stereocenters. The molecule has 0 aliphatic carbocycles. The molecule has 0 saturated carbocycles. The van der Waals surface area contributed by atoms with Crippen LogP contribution in [0, 0.1) is 0 Å². The summed E-state index contributed by atoms with van der Waals surface area (Å²) >= 11 is 0. The topological polar surface area (TPSA) is 115 Å². The third-order valence-electron chi connectivity index (χ3n) is 6.55. The number of carbonyl (C=O) groups excluding carboxylic acids is 1. The molecular weight excluding hydrogens is 470 g/mol. The minimum Gasteiger partial charge on any atom is -0.457 e. The van der Waals surface area contributed by atoms with Gasteiger partial charge in [0.2, 0.25) is 5.91 Å². The first-order valence-corrected chi connectivity index (χ1v) is 12.2. The second-order valence-electron chi connectivity index (χ2n) is 8.99. The first-order chi connectivity index (χ1) is 18.0. The fraction of sp³-hybridized carbons (Fsp3) is 0.250. The lowest BCUT2D eigenvalue weighted by Crippen LogP contribution is -2.40. The van der Waals surface area contributed by atoms with Crippen LogP contribution in [0.5, 0.6) is 11.5 Å². The molecular formula is C28H29N5O4. The molecule has 2 aromatic carbocycles. The van der Waals surface area contributed by atoms with E-state index >= 15 is 0 Å². The number of nitrogen functional groups attached to an aromatic ring is 1. The summed E-state index contributed by atoms with van der Waals surface area (Å²) in [6.45, 7) is 1.54. The molecule has 3 heterocycles. The van der Waals surface area contributed by atoms with Gasteiger partial charge in [-0.3, -0.25) is 9.59 Å². The summed E-state index contributed by atoms with van der Waals surface area (Å²) in [6.07, 6.45) is 6.86. The van der Waals surface area contributed by atoms with Crippen molar-refractivity contribution in [2.24, 2.45) is 0 Å². The molecule has 5 rings (SSSR count). The van der Waals surface area contributed by atoms with Crippen LogP contribution < -0.4 is 16.0 Å². The number of ether oxygens (including phenoxy) is 2. The number of fused-ring (bicyclic) bond motifs is 1. The Morgan fingerprint density at radius 1 is 1.16 bits per heavy atom. The normalized spacial score (nSPS) is 15.9. The quantitative estimate of drug-likeness (QED) is 0.370. The highest BCUT2D eigenvalue weighted by atomic mass is 16.5. The van der Waals surface area contributed by atoms with Crippen LogP contribution >= 0.6 is 0 Å². The van der Waals surface area contributed by atoms with Gasteiger partial charge >= 0.3 is 0 Å². The molecule has 2 aromatic heterocycles. The highest BCUT2D eigenvalue weighted by Crippen LogP contribution is 2.36. The van der Waals surface area contributed by atoms with Gasteiger partial charge in [-0.15, -0.1) is 0 Å². The molecule has 9 heteroatoms. The molecule has 190 valence electrons. The number of rotatable bonds is 7. The largest absolute Gasteiger partial charge is 0.457 e. The van der Waals surface area contributed by atoms with Gasteiger partial charge in [-0.25, -0.2) is 5.10 Å². The molecule has 37 heavy (non-hydrogen) atoms. The van der Waals surface area contributed by atoms with Crippen molar-refractivity contribution in [3.63, 3.8) is 0 Å². The van der Waals surface area contributed by atoms with E-state index in [0.717, 1.165) is 29.7 Å². The van der Waals surface area contributed by atoms with Crippen molar-refractivity contribution in [1.29, 1.82) is 0 Å². The Kier molecular flexibility index (Phi) is 7.04. The number of nitrogens with two attached hydrogens (primary N) is 1. The number of carbonyl (C=O) groups is 1. The van der Waals surface area contributed by atoms with Crippen molar-refractivity contribution in [1.82, 2.24) is 19.7 Å². The summed E-state index contributed by atoms with van der Waals surface area (Å²) in [4.78, 5) is 27.5. The number of likely N-dealkylation sites (tertiary alicyclic amines) is 1. The number of para-hydroxylation sites is 1. The summed E-state index contributed by atoms with van der Waals surface area (Å²) in [5.74, 6) is 1.63. The van der Waals surface area contributed by atoms with Gasteiger partial charge in [0.25, 0.3) is 5.56 Å². The molecule has 1 atom stereocenters. The first-order valence-electron chi connectivity index (χ1n) is 12.2. The SMILES string of the molecule is COC/C=C/C(=O)N1CCCC(n2cc(-c3ccc(Oc4ccccc4)cc3)c3c(N)n[nH]c(=O)c32)C1. The minimum atomic E-state index is -0.317. The number of hydrogen-bond acceptors (Lipinski definition) is 6. The van der Waals surface area contributed by atoms with Gasteiger partial charge in [-0.2, -0.15) is 5.10 Å². The van der Waals surface area contributed by atoms with E-state index in [-0.39, 0.29) is 23.3 Å². The molecule has 1 aliphatic rings. The zero-order valence-corrected chi connectivity index (χ0v) is 20.6. The number of H-pyrrole nitrogens is 1. The van der Waals surface area contributed by atoms with Gasteiger partial charge in [0.1, 0.15) is 17.0 Å². The Balaban J connectivity index is 1.48. The van der Waals surface area contributed by atoms with Crippen molar-refractivity contribution in [2.45, 2.75) is 18.9 Å².